The number of piperazine rings is 1. The number of thiazole rings is 1. The summed E-state index contributed by atoms with van der Waals surface area (Å²) in [6.45, 7) is 5.58. The van der Waals surface area contributed by atoms with Gasteiger partial charge in [-0.15, -0.1) is 11.3 Å². The number of hydrogen-bond acceptors (Lipinski definition) is 5. The summed E-state index contributed by atoms with van der Waals surface area (Å²) in [6, 6.07) is 6.47. The highest BCUT2D eigenvalue weighted by Crippen LogP contribution is 2.36. The van der Waals surface area contributed by atoms with E-state index in [4.69, 9.17) is 4.98 Å². The summed E-state index contributed by atoms with van der Waals surface area (Å²) in [4.78, 5) is 18.1. The Hall–Kier alpha value is -1.70. The van der Waals surface area contributed by atoms with Crippen LogP contribution < -0.4 is 10.6 Å². The van der Waals surface area contributed by atoms with Crippen LogP contribution in [-0.4, -0.2) is 47.3 Å². The Balaban J connectivity index is 1.62. The van der Waals surface area contributed by atoms with Crippen LogP contribution in [0.3, 0.4) is 0 Å². The predicted molar refractivity (Wildman–Crippen MR) is 99.1 cm³/mol. The topological polar surface area (TPSA) is 77.5 Å². The minimum Gasteiger partial charge on any atom is -0.465 e. The van der Waals surface area contributed by atoms with Gasteiger partial charge in [-0.05, 0) is 36.5 Å². The molecule has 0 bridgehead atoms. The number of nitrogens with one attached hydrogen (secondary N) is 2. The van der Waals surface area contributed by atoms with Crippen LogP contribution >= 0.6 is 11.3 Å². The first-order chi connectivity index (χ1) is 12.1. The van der Waals surface area contributed by atoms with Crippen LogP contribution in [0.15, 0.2) is 18.2 Å². The smallest absolute Gasteiger partial charge is 0.407 e. The van der Waals surface area contributed by atoms with Crippen molar-refractivity contribution >= 4 is 27.6 Å². The van der Waals surface area contributed by atoms with Crippen molar-refractivity contribution < 1.29 is 9.90 Å². The molecular formula is C18H24N4O2S. The first-order valence-electron chi connectivity index (χ1n) is 8.96. The molecule has 0 radical (unpaired) electrons. The average Bonchev–Trinajstić information content (AvgIpc) is 3.05. The second kappa shape index (κ2) is 6.90. The zero-order valence-corrected chi connectivity index (χ0v) is 15.2. The molecule has 7 heteroatoms. The Morgan fingerprint density at radius 3 is 3.00 bits per heavy atom. The van der Waals surface area contributed by atoms with Gasteiger partial charge in [0.2, 0.25) is 0 Å². The third-order valence-electron chi connectivity index (χ3n) is 5.22. The average molecular weight is 360 g/mol. The summed E-state index contributed by atoms with van der Waals surface area (Å²) >= 11 is 1.72. The summed E-state index contributed by atoms with van der Waals surface area (Å²) in [6.07, 6.45) is 1.12. The Morgan fingerprint density at radius 2 is 2.24 bits per heavy atom. The highest BCUT2D eigenvalue weighted by Gasteiger charge is 2.31. The van der Waals surface area contributed by atoms with Gasteiger partial charge in [0, 0.05) is 26.2 Å². The maximum absolute atomic E-state index is 11.7. The van der Waals surface area contributed by atoms with E-state index in [9.17, 15) is 9.90 Å². The molecule has 0 spiro atoms. The molecule has 1 aromatic carbocycles. The maximum Gasteiger partial charge on any atom is 0.407 e. The Labute approximate surface area is 151 Å². The summed E-state index contributed by atoms with van der Waals surface area (Å²) in [7, 11) is 0. The summed E-state index contributed by atoms with van der Waals surface area (Å²) in [5.41, 5.74) is 2.04. The molecule has 2 aromatic rings. The molecule has 3 heterocycles. The fourth-order valence-electron chi connectivity index (χ4n) is 3.86. The molecule has 6 nitrogen and oxygen atoms in total. The summed E-state index contributed by atoms with van der Waals surface area (Å²) in [5.74, 6) is 0.423. The van der Waals surface area contributed by atoms with Gasteiger partial charge in [0.15, 0.2) is 0 Å². The number of carbonyl (C=O) groups is 1. The molecule has 3 N–H and O–H groups in total. The van der Waals surface area contributed by atoms with Crippen molar-refractivity contribution in [1.29, 1.82) is 0 Å². The third-order valence-corrected chi connectivity index (χ3v) is 6.37. The van der Waals surface area contributed by atoms with E-state index in [-0.39, 0.29) is 12.1 Å². The van der Waals surface area contributed by atoms with Crippen molar-refractivity contribution in [3.8, 4) is 0 Å². The molecule has 3 unspecified atom stereocenters. The largest absolute Gasteiger partial charge is 0.465 e. The van der Waals surface area contributed by atoms with Crippen LogP contribution in [0, 0.1) is 5.92 Å². The van der Waals surface area contributed by atoms with Gasteiger partial charge in [-0.2, -0.15) is 0 Å². The van der Waals surface area contributed by atoms with Gasteiger partial charge < -0.3 is 20.6 Å². The molecule has 134 valence electrons. The molecule has 3 atom stereocenters. The number of carboxylic acid groups (broad SMARTS) is 1. The molecule has 1 aromatic heterocycles. The van der Waals surface area contributed by atoms with Gasteiger partial charge in [-0.3, -0.25) is 0 Å². The van der Waals surface area contributed by atoms with Gasteiger partial charge in [0.1, 0.15) is 5.01 Å². The summed E-state index contributed by atoms with van der Waals surface area (Å²) < 4.78 is 1.16. The van der Waals surface area contributed by atoms with Crippen LogP contribution in [0.2, 0.25) is 0 Å². The normalized spacial score (nSPS) is 27.6. The highest BCUT2D eigenvalue weighted by molar-refractivity contribution is 7.18. The molecule has 4 rings (SSSR count). The van der Waals surface area contributed by atoms with Gasteiger partial charge in [-0.1, -0.05) is 13.0 Å². The second-order valence-electron chi connectivity index (χ2n) is 7.12. The number of hydrogen-bond donors (Lipinski definition) is 3. The van der Waals surface area contributed by atoms with E-state index in [0.717, 1.165) is 53.3 Å². The molecule has 2 fully saturated rings. The Morgan fingerprint density at radius 1 is 1.36 bits per heavy atom. The lowest BCUT2D eigenvalue weighted by atomic mass is 9.90. The first kappa shape index (κ1) is 16.8. The number of fused-ring (bicyclic) bond motifs is 1. The molecular weight excluding hydrogens is 336 g/mol. The van der Waals surface area contributed by atoms with Crippen molar-refractivity contribution in [2.45, 2.75) is 31.8 Å². The standard InChI is InChI=1S/C18H24N4O2S/c1-11-2-4-15(22(10-11)18(23)24)12-3-5-16-13(8-12)21-17(25-16)14-9-19-6-7-20-14/h3,5,8,11,14-15,19-20H,2,4,6-7,9-10H2,1H3,(H,23,24). The number of aromatic nitrogens is 1. The molecule has 0 aliphatic carbocycles. The maximum atomic E-state index is 11.7. The van der Waals surface area contributed by atoms with Crippen LogP contribution in [-0.2, 0) is 0 Å². The molecule has 2 saturated heterocycles. The summed E-state index contributed by atoms with van der Waals surface area (Å²) in [5, 5.41) is 17.6. The van der Waals surface area contributed by atoms with Crippen molar-refractivity contribution in [3.05, 3.63) is 28.8 Å². The van der Waals surface area contributed by atoms with E-state index in [0.29, 0.717) is 12.5 Å². The van der Waals surface area contributed by atoms with Crippen LogP contribution in [0.4, 0.5) is 4.79 Å². The lowest BCUT2D eigenvalue weighted by molar-refractivity contribution is 0.0900. The molecule has 0 saturated carbocycles. The lowest BCUT2D eigenvalue weighted by Crippen LogP contribution is -2.42. The zero-order valence-electron chi connectivity index (χ0n) is 14.4. The third kappa shape index (κ3) is 3.36. The van der Waals surface area contributed by atoms with Crippen molar-refractivity contribution in [2.75, 3.05) is 26.2 Å². The van der Waals surface area contributed by atoms with E-state index in [1.807, 2.05) is 0 Å². The van der Waals surface area contributed by atoms with Crippen LogP contribution in [0.25, 0.3) is 10.2 Å². The van der Waals surface area contributed by atoms with E-state index in [1.165, 1.54) is 0 Å². The number of likely N-dealkylation sites (tertiary alicyclic amines) is 1. The first-order valence-corrected chi connectivity index (χ1v) is 9.77. The quantitative estimate of drug-likeness (QED) is 0.767. The SMILES string of the molecule is CC1CCC(c2ccc3sc(C4CNCCN4)nc3c2)N(C(=O)O)C1. The van der Waals surface area contributed by atoms with Gasteiger partial charge in [-0.25, -0.2) is 9.78 Å². The van der Waals surface area contributed by atoms with Crippen molar-refractivity contribution in [1.82, 2.24) is 20.5 Å². The van der Waals surface area contributed by atoms with Gasteiger partial charge >= 0.3 is 6.09 Å². The fourth-order valence-corrected chi connectivity index (χ4v) is 4.88. The van der Waals surface area contributed by atoms with E-state index in [2.05, 4.69) is 35.8 Å². The van der Waals surface area contributed by atoms with Crippen LogP contribution in [0.1, 0.15) is 42.4 Å². The molecule has 25 heavy (non-hydrogen) atoms. The van der Waals surface area contributed by atoms with Gasteiger partial charge in [0.25, 0.3) is 0 Å². The minimum atomic E-state index is -0.826. The lowest BCUT2D eigenvalue weighted by Gasteiger charge is -2.37. The zero-order chi connectivity index (χ0) is 17.4. The fraction of sp³-hybridized carbons (Fsp3) is 0.556. The Kier molecular flexibility index (Phi) is 4.62. The van der Waals surface area contributed by atoms with E-state index >= 15 is 0 Å². The monoisotopic (exact) mass is 360 g/mol. The Bertz CT molecular complexity index is 772. The van der Waals surface area contributed by atoms with Crippen molar-refractivity contribution in [2.24, 2.45) is 5.92 Å². The molecule has 2 aliphatic heterocycles. The molecule has 2 aliphatic rings. The second-order valence-corrected chi connectivity index (χ2v) is 8.19. The number of piperidine rings is 1. The number of nitrogens with zero attached hydrogens (tertiary/aromatic N) is 2. The van der Waals surface area contributed by atoms with Crippen molar-refractivity contribution in [3.63, 3.8) is 0 Å². The number of amides is 1. The van der Waals surface area contributed by atoms with Gasteiger partial charge in [0.05, 0.1) is 22.3 Å². The minimum absolute atomic E-state index is 0.0577. The van der Waals surface area contributed by atoms with E-state index in [1.54, 1.807) is 16.2 Å². The van der Waals surface area contributed by atoms with Crippen LogP contribution in [0.5, 0.6) is 0 Å². The highest BCUT2D eigenvalue weighted by atomic mass is 32.1. The predicted octanol–water partition coefficient (Wildman–Crippen LogP) is 2.98. The molecule has 1 amide bonds. The number of rotatable bonds is 2. The number of benzene rings is 1. The van der Waals surface area contributed by atoms with E-state index < -0.39 is 6.09 Å².